The number of carbonyl (C=O) groups is 1. The molecule has 7 nitrogen and oxygen atoms in total. The quantitative estimate of drug-likeness (QED) is 0.794. The van der Waals surface area contributed by atoms with Crippen molar-refractivity contribution in [2.24, 2.45) is 0 Å². The van der Waals surface area contributed by atoms with Gasteiger partial charge in [0, 0.05) is 30.4 Å². The van der Waals surface area contributed by atoms with Crippen molar-refractivity contribution in [2.45, 2.75) is 26.9 Å². The number of methoxy groups -OCH3 is 2. The van der Waals surface area contributed by atoms with Crippen molar-refractivity contribution in [3.63, 3.8) is 0 Å². The maximum absolute atomic E-state index is 12.3. The van der Waals surface area contributed by atoms with Crippen LogP contribution >= 0.6 is 0 Å². The van der Waals surface area contributed by atoms with E-state index in [1.807, 2.05) is 29.7 Å². The van der Waals surface area contributed by atoms with E-state index >= 15 is 0 Å². The monoisotopic (exact) mass is 346 g/mol. The van der Waals surface area contributed by atoms with Gasteiger partial charge in [0.05, 0.1) is 32.6 Å². The van der Waals surface area contributed by atoms with Crippen LogP contribution in [-0.2, 0) is 17.9 Å². The summed E-state index contributed by atoms with van der Waals surface area (Å²) in [6.45, 7) is 5.88. The van der Waals surface area contributed by atoms with Crippen LogP contribution in [0.2, 0.25) is 0 Å². The molecule has 0 aliphatic carbocycles. The van der Waals surface area contributed by atoms with Gasteiger partial charge in [0.2, 0.25) is 5.91 Å². The molecule has 2 rings (SSSR count). The molecule has 0 saturated heterocycles. The topological polar surface area (TPSA) is 68.6 Å². The van der Waals surface area contributed by atoms with Crippen LogP contribution in [-0.4, -0.2) is 48.4 Å². The molecule has 1 aromatic heterocycles. The first-order valence-electron chi connectivity index (χ1n) is 8.20. The lowest BCUT2D eigenvalue weighted by molar-refractivity contribution is -0.117. The summed E-state index contributed by atoms with van der Waals surface area (Å²) in [5.41, 5.74) is 2.88. The number of amides is 1. The Morgan fingerprint density at radius 3 is 2.68 bits per heavy atom. The van der Waals surface area contributed by atoms with Gasteiger partial charge in [-0.05, 0) is 33.0 Å². The highest BCUT2D eigenvalue weighted by Gasteiger charge is 2.13. The number of carbonyl (C=O) groups excluding carboxylic acids is 1. The minimum Gasteiger partial charge on any atom is -0.497 e. The van der Waals surface area contributed by atoms with E-state index in [-0.39, 0.29) is 12.5 Å². The molecule has 2 aromatic rings. The van der Waals surface area contributed by atoms with Crippen LogP contribution in [0.5, 0.6) is 11.5 Å². The van der Waals surface area contributed by atoms with E-state index in [4.69, 9.17) is 9.47 Å². The minimum atomic E-state index is -0.105. The molecule has 1 heterocycles. The van der Waals surface area contributed by atoms with E-state index in [0.29, 0.717) is 23.7 Å². The Morgan fingerprint density at radius 2 is 2.08 bits per heavy atom. The molecule has 0 radical (unpaired) electrons. The number of benzene rings is 1. The summed E-state index contributed by atoms with van der Waals surface area (Å²) >= 11 is 0. The molecule has 136 valence electrons. The van der Waals surface area contributed by atoms with Crippen LogP contribution < -0.4 is 14.8 Å². The fraction of sp³-hybridized carbons (Fsp3) is 0.444. The Labute approximate surface area is 148 Å². The molecule has 0 bridgehead atoms. The van der Waals surface area contributed by atoms with Gasteiger partial charge in [0.25, 0.3) is 0 Å². The number of aromatic nitrogens is 2. The zero-order valence-electron chi connectivity index (χ0n) is 15.5. The highest BCUT2D eigenvalue weighted by atomic mass is 16.5. The number of rotatable bonds is 8. The van der Waals surface area contributed by atoms with Crippen molar-refractivity contribution >= 4 is 11.6 Å². The zero-order chi connectivity index (χ0) is 18.4. The second-order valence-electron chi connectivity index (χ2n) is 5.86. The molecule has 1 aromatic carbocycles. The summed E-state index contributed by atoms with van der Waals surface area (Å²) in [5, 5.41) is 7.21. The standard InChI is InChI=1S/C18H26N4O3/c1-6-22-13(2)14(10-19-22)11-21(3)12-18(23)20-16-8-7-15(24-4)9-17(16)25-5/h7-10H,6,11-12H2,1-5H3,(H,20,23). The molecule has 7 heteroatoms. The van der Waals surface area contributed by atoms with Crippen molar-refractivity contribution < 1.29 is 14.3 Å². The molecule has 0 spiro atoms. The van der Waals surface area contributed by atoms with Crippen molar-refractivity contribution in [3.8, 4) is 11.5 Å². The van der Waals surface area contributed by atoms with Gasteiger partial charge in [0.1, 0.15) is 11.5 Å². The van der Waals surface area contributed by atoms with E-state index < -0.39 is 0 Å². The Hall–Kier alpha value is -2.54. The number of aryl methyl sites for hydroxylation is 1. The van der Waals surface area contributed by atoms with Crippen LogP contribution in [0.3, 0.4) is 0 Å². The van der Waals surface area contributed by atoms with Crippen LogP contribution in [0.4, 0.5) is 5.69 Å². The predicted octanol–water partition coefficient (Wildman–Crippen LogP) is 2.30. The van der Waals surface area contributed by atoms with Gasteiger partial charge in [-0.25, -0.2) is 0 Å². The molecular weight excluding hydrogens is 320 g/mol. The molecule has 0 aliphatic rings. The first-order valence-corrected chi connectivity index (χ1v) is 8.20. The maximum Gasteiger partial charge on any atom is 0.238 e. The Morgan fingerprint density at radius 1 is 1.32 bits per heavy atom. The number of likely N-dealkylation sites (N-methyl/N-ethyl adjacent to an activating group) is 1. The van der Waals surface area contributed by atoms with Gasteiger partial charge < -0.3 is 14.8 Å². The summed E-state index contributed by atoms with van der Waals surface area (Å²) < 4.78 is 12.4. The lowest BCUT2D eigenvalue weighted by atomic mass is 10.2. The lowest BCUT2D eigenvalue weighted by Crippen LogP contribution is -2.30. The van der Waals surface area contributed by atoms with Crippen LogP contribution in [0, 0.1) is 6.92 Å². The van der Waals surface area contributed by atoms with Crippen molar-refractivity contribution in [1.29, 1.82) is 0 Å². The van der Waals surface area contributed by atoms with Gasteiger partial charge >= 0.3 is 0 Å². The minimum absolute atomic E-state index is 0.105. The van der Waals surface area contributed by atoms with E-state index in [2.05, 4.69) is 17.3 Å². The summed E-state index contributed by atoms with van der Waals surface area (Å²) in [4.78, 5) is 14.3. The van der Waals surface area contributed by atoms with Gasteiger partial charge in [-0.3, -0.25) is 14.4 Å². The highest BCUT2D eigenvalue weighted by Crippen LogP contribution is 2.28. The van der Waals surface area contributed by atoms with Crippen LogP contribution in [0.25, 0.3) is 0 Å². The highest BCUT2D eigenvalue weighted by molar-refractivity contribution is 5.93. The predicted molar refractivity (Wildman–Crippen MR) is 97.1 cm³/mol. The fourth-order valence-corrected chi connectivity index (χ4v) is 2.64. The number of ether oxygens (including phenoxy) is 2. The van der Waals surface area contributed by atoms with Gasteiger partial charge in [0.15, 0.2) is 0 Å². The van der Waals surface area contributed by atoms with Gasteiger partial charge in [-0.15, -0.1) is 0 Å². The van der Waals surface area contributed by atoms with Gasteiger partial charge in [-0.1, -0.05) is 0 Å². The van der Waals surface area contributed by atoms with Crippen LogP contribution in [0.1, 0.15) is 18.2 Å². The normalized spacial score (nSPS) is 10.8. The van der Waals surface area contributed by atoms with Crippen molar-refractivity contribution in [2.75, 3.05) is 33.1 Å². The Bertz CT molecular complexity index is 727. The number of anilines is 1. The van der Waals surface area contributed by atoms with E-state index in [0.717, 1.165) is 17.8 Å². The molecule has 0 atom stereocenters. The Kier molecular flexibility index (Phi) is 6.41. The number of nitrogens with zero attached hydrogens (tertiary/aromatic N) is 3. The molecule has 1 N–H and O–H groups in total. The largest absolute Gasteiger partial charge is 0.497 e. The SMILES string of the molecule is CCn1ncc(CN(C)CC(=O)Nc2ccc(OC)cc2OC)c1C. The van der Waals surface area contributed by atoms with E-state index in [1.165, 1.54) is 0 Å². The molecule has 0 fully saturated rings. The second-order valence-corrected chi connectivity index (χ2v) is 5.86. The van der Waals surface area contributed by atoms with E-state index in [9.17, 15) is 4.79 Å². The first kappa shape index (κ1) is 18.8. The third kappa shape index (κ3) is 4.73. The molecule has 0 aliphatic heterocycles. The van der Waals surface area contributed by atoms with E-state index in [1.54, 1.807) is 32.4 Å². The van der Waals surface area contributed by atoms with Crippen molar-refractivity contribution in [1.82, 2.24) is 14.7 Å². The smallest absolute Gasteiger partial charge is 0.238 e. The summed E-state index contributed by atoms with van der Waals surface area (Å²) in [7, 11) is 5.06. The number of hydrogen-bond donors (Lipinski definition) is 1. The fourth-order valence-electron chi connectivity index (χ4n) is 2.64. The maximum atomic E-state index is 12.3. The first-order chi connectivity index (χ1) is 12.0. The third-order valence-corrected chi connectivity index (χ3v) is 4.04. The third-order valence-electron chi connectivity index (χ3n) is 4.04. The molecule has 0 saturated carbocycles. The summed E-state index contributed by atoms with van der Waals surface area (Å²) in [6.07, 6.45) is 1.86. The average Bonchev–Trinajstić information content (AvgIpc) is 2.94. The average molecular weight is 346 g/mol. The van der Waals surface area contributed by atoms with Crippen LogP contribution in [0.15, 0.2) is 24.4 Å². The Balaban J connectivity index is 1.96. The number of hydrogen-bond acceptors (Lipinski definition) is 5. The molecule has 0 unspecified atom stereocenters. The number of nitrogens with one attached hydrogen (secondary N) is 1. The second kappa shape index (κ2) is 8.53. The van der Waals surface area contributed by atoms with Crippen molar-refractivity contribution in [3.05, 3.63) is 35.7 Å². The van der Waals surface area contributed by atoms with Gasteiger partial charge in [-0.2, -0.15) is 5.10 Å². The lowest BCUT2D eigenvalue weighted by Gasteiger charge is -2.17. The summed E-state index contributed by atoms with van der Waals surface area (Å²) in [6, 6.07) is 5.29. The molecule has 25 heavy (non-hydrogen) atoms. The molecule has 1 amide bonds. The zero-order valence-corrected chi connectivity index (χ0v) is 15.5. The summed E-state index contributed by atoms with van der Waals surface area (Å²) in [5.74, 6) is 1.14. The molecular formula is C18H26N4O3.